The van der Waals surface area contributed by atoms with Gasteiger partial charge in [0.25, 0.3) is 0 Å². The van der Waals surface area contributed by atoms with E-state index in [2.05, 4.69) is 6.92 Å². The van der Waals surface area contributed by atoms with Gasteiger partial charge >= 0.3 is 0 Å². The molecule has 0 spiro atoms. The van der Waals surface area contributed by atoms with Crippen molar-refractivity contribution in [2.45, 2.75) is 32.6 Å². The van der Waals surface area contributed by atoms with Gasteiger partial charge in [-0.05, 0) is 48.2 Å². The molecule has 2 rings (SSSR count). The maximum Gasteiger partial charge on any atom is 0.118 e. The third kappa shape index (κ3) is 3.08. The van der Waals surface area contributed by atoms with Crippen LogP contribution in [0.25, 0.3) is 0 Å². The monoisotopic (exact) mass is 256 g/mol. The fourth-order valence-corrected chi connectivity index (χ4v) is 2.42. The molecule has 0 aliphatic heterocycles. The van der Waals surface area contributed by atoms with Crippen molar-refractivity contribution >= 4 is 0 Å². The van der Waals surface area contributed by atoms with Crippen LogP contribution in [-0.2, 0) is 0 Å². The van der Waals surface area contributed by atoms with Gasteiger partial charge in [-0.25, -0.2) is 0 Å². The van der Waals surface area contributed by atoms with Gasteiger partial charge in [0.05, 0.1) is 0 Å². The van der Waals surface area contributed by atoms with Gasteiger partial charge in [-0.15, -0.1) is 0 Å². The molecular formula is C17H20O2. The molecular weight excluding hydrogens is 236 g/mol. The van der Waals surface area contributed by atoms with Gasteiger partial charge in [-0.2, -0.15) is 0 Å². The van der Waals surface area contributed by atoms with Crippen LogP contribution >= 0.6 is 0 Å². The van der Waals surface area contributed by atoms with Crippen LogP contribution in [0.15, 0.2) is 42.5 Å². The summed E-state index contributed by atoms with van der Waals surface area (Å²) in [4.78, 5) is 0. The number of aryl methyl sites for hydroxylation is 1. The minimum absolute atomic E-state index is 0.292. The Morgan fingerprint density at radius 3 is 2.16 bits per heavy atom. The third-order valence-corrected chi connectivity index (χ3v) is 3.50. The number of phenolic OH excluding ortho intramolecular Hbond substituents is 2. The molecule has 1 atom stereocenters. The molecule has 2 heteroatoms. The molecule has 0 fully saturated rings. The highest BCUT2D eigenvalue weighted by atomic mass is 16.3. The van der Waals surface area contributed by atoms with Crippen LogP contribution in [0.2, 0.25) is 0 Å². The summed E-state index contributed by atoms with van der Waals surface area (Å²) in [5.74, 6) is 0.940. The molecule has 0 saturated heterocycles. The largest absolute Gasteiger partial charge is 0.508 e. The van der Waals surface area contributed by atoms with Gasteiger partial charge in [-0.1, -0.05) is 37.6 Å². The lowest BCUT2D eigenvalue weighted by atomic mass is 9.87. The maximum absolute atomic E-state index is 9.63. The number of benzene rings is 2. The summed E-state index contributed by atoms with van der Waals surface area (Å²) in [7, 11) is 0. The quantitative estimate of drug-likeness (QED) is 0.854. The molecule has 0 aromatic heterocycles. The molecule has 0 amide bonds. The fraction of sp³-hybridized carbons (Fsp3) is 0.294. The molecule has 2 N–H and O–H groups in total. The first-order chi connectivity index (χ1) is 9.11. The van der Waals surface area contributed by atoms with Crippen LogP contribution in [0, 0.1) is 6.92 Å². The van der Waals surface area contributed by atoms with Crippen molar-refractivity contribution in [3.05, 3.63) is 59.2 Å². The second-order valence-corrected chi connectivity index (χ2v) is 4.98. The molecule has 2 aromatic rings. The van der Waals surface area contributed by atoms with Gasteiger partial charge < -0.3 is 10.2 Å². The van der Waals surface area contributed by atoms with E-state index in [1.54, 1.807) is 18.2 Å². The minimum Gasteiger partial charge on any atom is -0.508 e. The lowest BCUT2D eigenvalue weighted by Gasteiger charge is -2.18. The first-order valence-corrected chi connectivity index (χ1v) is 6.70. The highest BCUT2D eigenvalue weighted by Gasteiger charge is 2.14. The predicted molar refractivity (Wildman–Crippen MR) is 77.7 cm³/mol. The number of hydrogen-bond donors (Lipinski definition) is 2. The first kappa shape index (κ1) is 13.5. The van der Waals surface area contributed by atoms with Crippen LogP contribution in [0.5, 0.6) is 11.5 Å². The Bertz CT molecular complexity index is 544. The Labute approximate surface area is 114 Å². The summed E-state index contributed by atoms with van der Waals surface area (Å²) in [6.45, 7) is 4.08. The maximum atomic E-state index is 9.63. The van der Waals surface area contributed by atoms with Gasteiger partial charge in [0.2, 0.25) is 0 Å². The predicted octanol–water partition coefficient (Wildman–Crippen LogP) is 4.34. The summed E-state index contributed by atoms with van der Waals surface area (Å²) < 4.78 is 0. The third-order valence-electron chi connectivity index (χ3n) is 3.50. The number of rotatable bonds is 4. The lowest BCUT2D eigenvalue weighted by Crippen LogP contribution is -2.01. The van der Waals surface area contributed by atoms with Crippen molar-refractivity contribution in [2.75, 3.05) is 0 Å². The van der Waals surface area contributed by atoms with Crippen LogP contribution in [0.3, 0.4) is 0 Å². The van der Waals surface area contributed by atoms with Crippen LogP contribution < -0.4 is 0 Å². The van der Waals surface area contributed by atoms with E-state index in [9.17, 15) is 10.2 Å². The molecule has 1 unspecified atom stereocenters. The van der Waals surface area contributed by atoms with E-state index in [-0.39, 0.29) is 0 Å². The van der Waals surface area contributed by atoms with Gasteiger partial charge in [0, 0.05) is 5.92 Å². The van der Waals surface area contributed by atoms with Gasteiger partial charge in [0.15, 0.2) is 0 Å². The first-order valence-electron chi connectivity index (χ1n) is 6.70. The summed E-state index contributed by atoms with van der Waals surface area (Å²) in [6.07, 6.45) is 2.14. The van der Waals surface area contributed by atoms with E-state index in [1.165, 1.54) is 11.1 Å². The second kappa shape index (κ2) is 5.79. The van der Waals surface area contributed by atoms with E-state index < -0.39 is 0 Å². The van der Waals surface area contributed by atoms with Crippen molar-refractivity contribution < 1.29 is 10.2 Å². The van der Waals surface area contributed by atoms with Gasteiger partial charge in [0.1, 0.15) is 11.5 Å². The molecule has 19 heavy (non-hydrogen) atoms. The van der Waals surface area contributed by atoms with Crippen molar-refractivity contribution in [3.63, 3.8) is 0 Å². The molecule has 0 bridgehead atoms. The van der Waals surface area contributed by atoms with Crippen molar-refractivity contribution in [3.8, 4) is 11.5 Å². The zero-order valence-corrected chi connectivity index (χ0v) is 11.4. The molecule has 0 aliphatic rings. The smallest absolute Gasteiger partial charge is 0.118 e. The summed E-state index contributed by atoms with van der Waals surface area (Å²) in [5.41, 5.74) is 3.31. The minimum atomic E-state index is 0.292. The van der Waals surface area contributed by atoms with Gasteiger partial charge in [-0.3, -0.25) is 0 Å². The van der Waals surface area contributed by atoms with E-state index >= 15 is 0 Å². The molecule has 0 heterocycles. The zero-order chi connectivity index (χ0) is 13.8. The van der Waals surface area contributed by atoms with Crippen molar-refractivity contribution in [1.29, 1.82) is 0 Å². The molecule has 0 radical (unpaired) electrons. The average molecular weight is 256 g/mol. The number of phenols is 2. The molecule has 0 saturated carbocycles. The topological polar surface area (TPSA) is 40.5 Å². The Kier molecular flexibility index (Phi) is 4.10. The Balaban J connectivity index is 2.38. The fourth-order valence-electron chi connectivity index (χ4n) is 2.42. The molecule has 2 aromatic carbocycles. The van der Waals surface area contributed by atoms with E-state index in [4.69, 9.17) is 0 Å². The Morgan fingerprint density at radius 2 is 1.58 bits per heavy atom. The van der Waals surface area contributed by atoms with Crippen molar-refractivity contribution in [1.82, 2.24) is 0 Å². The van der Waals surface area contributed by atoms with Crippen LogP contribution in [0.4, 0.5) is 0 Å². The molecule has 100 valence electrons. The van der Waals surface area contributed by atoms with E-state index in [1.807, 2.05) is 31.2 Å². The van der Waals surface area contributed by atoms with E-state index in [0.717, 1.165) is 18.4 Å². The number of aromatic hydroxyl groups is 2. The summed E-state index contributed by atoms with van der Waals surface area (Å²) in [6, 6.07) is 13.2. The highest BCUT2D eigenvalue weighted by molar-refractivity contribution is 5.41. The lowest BCUT2D eigenvalue weighted by molar-refractivity contribution is 0.470. The highest BCUT2D eigenvalue weighted by Crippen LogP contribution is 2.32. The van der Waals surface area contributed by atoms with Crippen molar-refractivity contribution in [2.24, 2.45) is 0 Å². The average Bonchev–Trinajstić information content (AvgIpc) is 2.41. The Morgan fingerprint density at radius 1 is 0.947 bits per heavy atom. The normalized spacial score (nSPS) is 12.3. The SMILES string of the molecule is CCCC(c1ccc(O)cc1)c1ccc(O)c(C)c1. The zero-order valence-electron chi connectivity index (χ0n) is 11.4. The summed E-state index contributed by atoms with van der Waals surface area (Å²) >= 11 is 0. The summed E-state index contributed by atoms with van der Waals surface area (Å²) in [5, 5.41) is 19.0. The standard InChI is InChI=1S/C17H20O2/c1-3-4-16(13-5-8-15(18)9-6-13)14-7-10-17(19)12(2)11-14/h5-11,16,18-19H,3-4H2,1-2H3. The second-order valence-electron chi connectivity index (χ2n) is 4.98. The molecule has 0 aliphatic carbocycles. The van der Waals surface area contributed by atoms with Crippen LogP contribution in [-0.4, -0.2) is 10.2 Å². The number of hydrogen-bond acceptors (Lipinski definition) is 2. The van der Waals surface area contributed by atoms with E-state index in [0.29, 0.717) is 17.4 Å². The molecule has 2 nitrogen and oxygen atoms in total. The Hall–Kier alpha value is -1.96. The van der Waals surface area contributed by atoms with Crippen LogP contribution in [0.1, 0.15) is 42.4 Å².